The maximum atomic E-state index is 11.6. The quantitative estimate of drug-likeness (QED) is 0.848. The van der Waals surface area contributed by atoms with Crippen molar-refractivity contribution in [3.05, 3.63) is 35.8 Å². The molecule has 1 aliphatic rings. The van der Waals surface area contributed by atoms with Crippen molar-refractivity contribution in [1.29, 1.82) is 0 Å². The van der Waals surface area contributed by atoms with E-state index in [1.807, 2.05) is 12.1 Å². The summed E-state index contributed by atoms with van der Waals surface area (Å²) in [7, 11) is 1.73. The summed E-state index contributed by atoms with van der Waals surface area (Å²) in [5.41, 5.74) is 2.89. The van der Waals surface area contributed by atoms with Crippen LogP contribution in [0.5, 0.6) is 0 Å². The molecule has 0 aliphatic carbocycles. The highest BCUT2D eigenvalue weighted by Gasteiger charge is 2.25. The summed E-state index contributed by atoms with van der Waals surface area (Å²) in [6, 6.07) is 5.41. The van der Waals surface area contributed by atoms with Gasteiger partial charge in [-0.2, -0.15) is 0 Å². The Kier molecular flexibility index (Phi) is 2.38. The number of aromatic nitrogens is 2. The molecule has 1 aromatic heterocycles. The van der Waals surface area contributed by atoms with Crippen LogP contribution >= 0.6 is 0 Å². The van der Waals surface area contributed by atoms with Gasteiger partial charge >= 0.3 is 5.97 Å². The lowest BCUT2D eigenvalue weighted by Crippen LogP contribution is -2.20. The van der Waals surface area contributed by atoms with Crippen molar-refractivity contribution in [2.24, 2.45) is 0 Å². The van der Waals surface area contributed by atoms with Crippen molar-refractivity contribution in [1.82, 2.24) is 9.97 Å². The average Bonchev–Trinajstić information content (AvgIpc) is 2.95. The molecule has 6 heteroatoms. The fraction of sp³-hybridized carbons (Fsp3) is 0.154. The Morgan fingerprint density at radius 2 is 2.26 bits per heavy atom. The number of hydrogen-bond acceptors (Lipinski definition) is 3. The van der Waals surface area contributed by atoms with E-state index >= 15 is 0 Å². The molecular weight excluding hydrogens is 246 g/mol. The summed E-state index contributed by atoms with van der Waals surface area (Å²) in [5.74, 6) is -1.02. The van der Waals surface area contributed by atoms with E-state index in [0.29, 0.717) is 17.7 Å². The second-order valence-corrected chi connectivity index (χ2v) is 4.40. The maximum Gasteiger partial charge on any atom is 0.354 e. The predicted molar refractivity (Wildman–Crippen MR) is 68.1 cm³/mol. The van der Waals surface area contributed by atoms with E-state index in [1.54, 1.807) is 18.0 Å². The first-order valence-electron chi connectivity index (χ1n) is 5.74. The third-order valence-electron chi connectivity index (χ3n) is 3.28. The van der Waals surface area contributed by atoms with Gasteiger partial charge in [-0.1, -0.05) is 6.07 Å². The highest BCUT2D eigenvalue weighted by molar-refractivity contribution is 6.01. The summed E-state index contributed by atoms with van der Waals surface area (Å²) in [4.78, 5) is 30.9. The van der Waals surface area contributed by atoms with Crippen LogP contribution in [0.4, 0.5) is 5.69 Å². The minimum Gasteiger partial charge on any atom is -0.477 e. The summed E-state index contributed by atoms with van der Waals surface area (Å²) in [6.45, 7) is 0. The minimum absolute atomic E-state index is 0.0348. The Morgan fingerprint density at radius 3 is 3.00 bits per heavy atom. The molecule has 0 unspecified atom stereocenters. The number of aromatic carboxylic acids is 1. The molecule has 0 saturated carbocycles. The molecule has 19 heavy (non-hydrogen) atoms. The fourth-order valence-electron chi connectivity index (χ4n) is 2.29. The van der Waals surface area contributed by atoms with Crippen LogP contribution in [0.3, 0.4) is 0 Å². The van der Waals surface area contributed by atoms with Crippen LogP contribution in [0.1, 0.15) is 16.1 Å². The number of H-pyrrole nitrogens is 1. The monoisotopic (exact) mass is 257 g/mol. The number of carbonyl (C=O) groups is 2. The van der Waals surface area contributed by atoms with E-state index in [-0.39, 0.29) is 11.6 Å². The SMILES string of the molecule is CN1C(=O)Cc2cc(-c3nc[nH]c3C(=O)O)ccc21. The highest BCUT2D eigenvalue weighted by atomic mass is 16.4. The smallest absolute Gasteiger partial charge is 0.354 e. The molecule has 0 radical (unpaired) electrons. The largest absolute Gasteiger partial charge is 0.477 e. The molecule has 2 N–H and O–H groups in total. The lowest BCUT2D eigenvalue weighted by molar-refractivity contribution is -0.117. The van der Waals surface area contributed by atoms with Crippen molar-refractivity contribution < 1.29 is 14.7 Å². The lowest BCUT2D eigenvalue weighted by atomic mass is 10.0. The van der Waals surface area contributed by atoms with Gasteiger partial charge in [-0.05, 0) is 17.7 Å². The zero-order valence-electron chi connectivity index (χ0n) is 10.2. The molecule has 1 aliphatic heterocycles. The number of rotatable bonds is 2. The van der Waals surface area contributed by atoms with Gasteiger partial charge in [0.25, 0.3) is 0 Å². The van der Waals surface area contributed by atoms with Gasteiger partial charge in [-0.3, -0.25) is 4.79 Å². The molecule has 0 fully saturated rings. The first-order chi connectivity index (χ1) is 9.08. The molecule has 0 bridgehead atoms. The number of hydrogen-bond donors (Lipinski definition) is 2. The fourth-order valence-corrected chi connectivity index (χ4v) is 2.29. The molecule has 0 saturated heterocycles. The number of amides is 1. The molecule has 2 aromatic rings. The third kappa shape index (κ3) is 1.69. The van der Waals surface area contributed by atoms with Gasteiger partial charge in [0.05, 0.1) is 12.7 Å². The first kappa shape index (κ1) is 11.5. The summed E-state index contributed by atoms with van der Waals surface area (Å²) in [5, 5.41) is 9.06. The van der Waals surface area contributed by atoms with Crippen LogP contribution in [0.25, 0.3) is 11.3 Å². The first-order valence-corrected chi connectivity index (χ1v) is 5.74. The van der Waals surface area contributed by atoms with Crippen LogP contribution in [0.2, 0.25) is 0 Å². The molecule has 2 heterocycles. The number of nitrogens with one attached hydrogen (secondary N) is 1. The number of benzene rings is 1. The standard InChI is InChI=1S/C13H11N3O3/c1-16-9-3-2-7(4-8(9)5-10(16)17)11-12(13(18)19)15-6-14-11/h2-4,6H,5H2,1H3,(H,14,15)(H,18,19). The van der Waals surface area contributed by atoms with E-state index in [4.69, 9.17) is 5.11 Å². The predicted octanol–water partition coefficient (Wildman–Crippen LogP) is 1.29. The van der Waals surface area contributed by atoms with Crippen LogP contribution in [-0.2, 0) is 11.2 Å². The Labute approximate surface area is 108 Å². The van der Waals surface area contributed by atoms with Gasteiger partial charge in [0, 0.05) is 18.3 Å². The molecule has 1 aromatic carbocycles. The van der Waals surface area contributed by atoms with Gasteiger partial charge in [0.15, 0.2) is 5.69 Å². The highest BCUT2D eigenvalue weighted by Crippen LogP contribution is 2.32. The normalized spacial score (nSPS) is 13.7. The van der Waals surface area contributed by atoms with Gasteiger partial charge in [-0.15, -0.1) is 0 Å². The number of imidazole rings is 1. The van der Waals surface area contributed by atoms with E-state index in [2.05, 4.69) is 9.97 Å². The van der Waals surface area contributed by atoms with Gasteiger partial charge < -0.3 is 15.0 Å². The number of carboxylic acid groups (broad SMARTS) is 1. The number of aromatic amines is 1. The van der Waals surface area contributed by atoms with E-state index < -0.39 is 5.97 Å². The van der Waals surface area contributed by atoms with Gasteiger partial charge in [0.1, 0.15) is 5.69 Å². The van der Waals surface area contributed by atoms with Crippen LogP contribution in [0, 0.1) is 0 Å². The molecule has 96 valence electrons. The number of likely N-dealkylation sites (N-methyl/N-ethyl adjacent to an activating group) is 1. The van der Waals surface area contributed by atoms with E-state index in [9.17, 15) is 9.59 Å². The van der Waals surface area contributed by atoms with Crippen molar-refractivity contribution in [2.45, 2.75) is 6.42 Å². The number of carbonyl (C=O) groups excluding carboxylic acids is 1. The third-order valence-corrected chi connectivity index (χ3v) is 3.28. The second-order valence-electron chi connectivity index (χ2n) is 4.40. The van der Waals surface area contributed by atoms with Crippen molar-refractivity contribution in [2.75, 3.05) is 11.9 Å². The van der Waals surface area contributed by atoms with Crippen LogP contribution in [0.15, 0.2) is 24.5 Å². The average molecular weight is 257 g/mol. The zero-order valence-corrected chi connectivity index (χ0v) is 10.2. The number of nitrogens with zero attached hydrogens (tertiary/aromatic N) is 2. The molecular formula is C13H11N3O3. The van der Waals surface area contributed by atoms with Crippen LogP contribution in [-0.4, -0.2) is 34.0 Å². The van der Waals surface area contributed by atoms with E-state index in [1.165, 1.54) is 6.33 Å². The zero-order chi connectivity index (χ0) is 13.6. The summed E-state index contributed by atoms with van der Waals surface area (Å²) in [6.07, 6.45) is 1.69. The number of anilines is 1. The molecule has 0 atom stereocenters. The number of fused-ring (bicyclic) bond motifs is 1. The number of carboxylic acids is 1. The van der Waals surface area contributed by atoms with Crippen molar-refractivity contribution >= 4 is 17.6 Å². The second kappa shape index (κ2) is 3.94. The Balaban J connectivity index is 2.09. The molecule has 0 spiro atoms. The van der Waals surface area contributed by atoms with Crippen molar-refractivity contribution in [3.63, 3.8) is 0 Å². The summed E-state index contributed by atoms with van der Waals surface area (Å²) < 4.78 is 0. The van der Waals surface area contributed by atoms with Gasteiger partial charge in [-0.25, -0.2) is 9.78 Å². The molecule has 6 nitrogen and oxygen atoms in total. The Morgan fingerprint density at radius 1 is 1.47 bits per heavy atom. The Bertz CT molecular complexity index is 690. The van der Waals surface area contributed by atoms with Gasteiger partial charge in [0.2, 0.25) is 5.91 Å². The van der Waals surface area contributed by atoms with Crippen molar-refractivity contribution in [3.8, 4) is 11.3 Å². The topological polar surface area (TPSA) is 86.3 Å². The Hall–Kier alpha value is -2.63. The summed E-state index contributed by atoms with van der Waals surface area (Å²) >= 11 is 0. The van der Waals surface area contributed by atoms with Crippen LogP contribution < -0.4 is 4.90 Å². The maximum absolute atomic E-state index is 11.6. The minimum atomic E-state index is -1.05. The molecule has 3 rings (SSSR count). The lowest BCUT2D eigenvalue weighted by Gasteiger charge is -2.10. The van der Waals surface area contributed by atoms with E-state index in [0.717, 1.165) is 11.3 Å². The molecule has 1 amide bonds.